The SMILES string of the molecule is CC(CC1CCCCCCCCCCC1=O)C(=O)O. The van der Waals surface area contributed by atoms with Crippen LogP contribution in [0.1, 0.15) is 77.6 Å². The predicted molar refractivity (Wildman–Crippen MR) is 76.1 cm³/mol. The summed E-state index contributed by atoms with van der Waals surface area (Å²) in [5, 5.41) is 9.00. The molecule has 0 aromatic rings. The summed E-state index contributed by atoms with van der Waals surface area (Å²) in [5.74, 6) is -0.903. The number of carboxylic acids is 1. The summed E-state index contributed by atoms with van der Waals surface area (Å²) in [5.41, 5.74) is 0. The van der Waals surface area contributed by atoms with Gasteiger partial charge >= 0.3 is 5.97 Å². The van der Waals surface area contributed by atoms with Crippen molar-refractivity contribution >= 4 is 11.8 Å². The predicted octanol–water partition coefficient (Wildman–Crippen LogP) is 4.20. The quantitative estimate of drug-likeness (QED) is 0.834. The van der Waals surface area contributed by atoms with Crippen molar-refractivity contribution in [3.05, 3.63) is 0 Å². The second-order valence-electron chi connectivity index (χ2n) is 6.01. The van der Waals surface area contributed by atoms with Gasteiger partial charge in [0.2, 0.25) is 0 Å². The van der Waals surface area contributed by atoms with E-state index in [1.807, 2.05) is 0 Å². The molecule has 0 heterocycles. The highest BCUT2D eigenvalue weighted by atomic mass is 16.4. The van der Waals surface area contributed by atoms with E-state index in [1.54, 1.807) is 6.92 Å². The molecule has 1 rings (SSSR count). The van der Waals surface area contributed by atoms with Crippen molar-refractivity contribution in [1.82, 2.24) is 0 Å². The van der Waals surface area contributed by atoms with Gasteiger partial charge in [-0.1, -0.05) is 51.9 Å². The summed E-state index contributed by atoms with van der Waals surface area (Å²) in [6.07, 6.45) is 11.6. The largest absolute Gasteiger partial charge is 0.481 e. The molecule has 110 valence electrons. The molecule has 1 aliphatic carbocycles. The van der Waals surface area contributed by atoms with Crippen molar-refractivity contribution in [3.8, 4) is 0 Å². The minimum Gasteiger partial charge on any atom is -0.481 e. The molecule has 2 unspecified atom stereocenters. The lowest BCUT2D eigenvalue weighted by atomic mass is 9.85. The van der Waals surface area contributed by atoms with E-state index >= 15 is 0 Å². The number of carbonyl (C=O) groups excluding carboxylic acids is 1. The van der Waals surface area contributed by atoms with Crippen molar-refractivity contribution in [2.45, 2.75) is 77.6 Å². The van der Waals surface area contributed by atoms with Gasteiger partial charge in [0.25, 0.3) is 0 Å². The highest BCUT2D eigenvalue weighted by Gasteiger charge is 2.23. The number of aliphatic carboxylic acids is 1. The van der Waals surface area contributed by atoms with Crippen molar-refractivity contribution in [2.75, 3.05) is 0 Å². The number of ketones is 1. The molecular weight excluding hydrogens is 240 g/mol. The van der Waals surface area contributed by atoms with Crippen LogP contribution in [0, 0.1) is 11.8 Å². The van der Waals surface area contributed by atoms with Crippen LogP contribution < -0.4 is 0 Å². The Morgan fingerprint density at radius 2 is 1.63 bits per heavy atom. The Hall–Kier alpha value is -0.860. The Morgan fingerprint density at radius 3 is 2.21 bits per heavy atom. The normalized spacial score (nSPS) is 25.1. The number of hydrogen-bond acceptors (Lipinski definition) is 2. The van der Waals surface area contributed by atoms with Crippen LogP contribution in [0.3, 0.4) is 0 Å². The summed E-state index contributed by atoms with van der Waals surface area (Å²) < 4.78 is 0. The molecule has 2 atom stereocenters. The fourth-order valence-corrected chi connectivity index (χ4v) is 2.89. The summed E-state index contributed by atoms with van der Waals surface area (Å²) >= 11 is 0. The van der Waals surface area contributed by atoms with Gasteiger partial charge in [-0.05, 0) is 19.3 Å². The number of rotatable bonds is 3. The standard InChI is InChI=1S/C16H28O3/c1-13(16(18)19)12-14-10-8-6-4-2-3-5-7-9-11-15(14)17/h13-14H,2-12H2,1H3,(H,18,19). The molecule has 0 bridgehead atoms. The minimum absolute atomic E-state index is 0.0227. The topological polar surface area (TPSA) is 54.4 Å². The summed E-state index contributed by atoms with van der Waals surface area (Å²) in [6.45, 7) is 1.71. The molecule has 0 aromatic heterocycles. The summed E-state index contributed by atoms with van der Waals surface area (Å²) in [4.78, 5) is 23.1. The van der Waals surface area contributed by atoms with Gasteiger partial charge in [0, 0.05) is 12.3 Å². The number of Topliss-reactive ketones (excluding diaryl/α,β-unsaturated/α-hetero) is 1. The molecular formula is C16H28O3. The van der Waals surface area contributed by atoms with Crippen LogP contribution in [0.2, 0.25) is 0 Å². The Labute approximate surface area is 116 Å². The summed E-state index contributed by atoms with van der Waals surface area (Å²) in [7, 11) is 0. The average molecular weight is 268 g/mol. The lowest BCUT2D eigenvalue weighted by Gasteiger charge is -2.18. The van der Waals surface area contributed by atoms with Crippen LogP contribution in [-0.4, -0.2) is 16.9 Å². The Kier molecular flexibility index (Phi) is 7.76. The van der Waals surface area contributed by atoms with E-state index in [2.05, 4.69) is 0 Å². The van der Waals surface area contributed by atoms with E-state index in [9.17, 15) is 9.59 Å². The maximum absolute atomic E-state index is 12.2. The fraction of sp³-hybridized carbons (Fsp3) is 0.875. The maximum atomic E-state index is 12.2. The lowest BCUT2D eigenvalue weighted by molar-refractivity contribution is -0.142. The third-order valence-electron chi connectivity index (χ3n) is 4.24. The zero-order chi connectivity index (χ0) is 14.1. The molecule has 3 nitrogen and oxygen atoms in total. The molecule has 0 aromatic carbocycles. The molecule has 0 amide bonds. The zero-order valence-corrected chi connectivity index (χ0v) is 12.2. The van der Waals surface area contributed by atoms with E-state index in [0.29, 0.717) is 18.6 Å². The summed E-state index contributed by atoms with van der Waals surface area (Å²) in [6, 6.07) is 0. The molecule has 1 aliphatic rings. The smallest absolute Gasteiger partial charge is 0.306 e. The van der Waals surface area contributed by atoms with E-state index in [-0.39, 0.29) is 5.92 Å². The molecule has 1 fully saturated rings. The van der Waals surface area contributed by atoms with Crippen LogP contribution in [0.25, 0.3) is 0 Å². The van der Waals surface area contributed by atoms with Crippen LogP contribution in [0.4, 0.5) is 0 Å². The van der Waals surface area contributed by atoms with Gasteiger partial charge in [0.15, 0.2) is 0 Å². The van der Waals surface area contributed by atoms with Crippen molar-refractivity contribution < 1.29 is 14.7 Å². The fourth-order valence-electron chi connectivity index (χ4n) is 2.89. The Balaban J connectivity index is 2.50. The van der Waals surface area contributed by atoms with E-state index in [1.165, 1.54) is 32.1 Å². The first-order valence-corrected chi connectivity index (χ1v) is 7.86. The second kappa shape index (κ2) is 9.11. The monoisotopic (exact) mass is 268 g/mol. The molecule has 3 heteroatoms. The van der Waals surface area contributed by atoms with Gasteiger partial charge in [0.1, 0.15) is 5.78 Å². The van der Waals surface area contributed by atoms with Gasteiger partial charge in [-0.3, -0.25) is 9.59 Å². The van der Waals surface area contributed by atoms with Crippen molar-refractivity contribution in [3.63, 3.8) is 0 Å². The van der Waals surface area contributed by atoms with Gasteiger partial charge in [-0.2, -0.15) is 0 Å². The van der Waals surface area contributed by atoms with Gasteiger partial charge in [-0.25, -0.2) is 0 Å². The highest BCUT2D eigenvalue weighted by Crippen LogP contribution is 2.24. The molecule has 0 radical (unpaired) electrons. The zero-order valence-electron chi connectivity index (χ0n) is 12.2. The third kappa shape index (κ3) is 6.74. The van der Waals surface area contributed by atoms with Gasteiger partial charge < -0.3 is 5.11 Å². The van der Waals surface area contributed by atoms with Crippen molar-refractivity contribution in [1.29, 1.82) is 0 Å². The van der Waals surface area contributed by atoms with E-state index < -0.39 is 11.9 Å². The van der Waals surface area contributed by atoms with Crippen LogP contribution in [0.5, 0.6) is 0 Å². The van der Waals surface area contributed by atoms with Crippen LogP contribution in [0.15, 0.2) is 0 Å². The van der Waals surface area contributed by atoms with Gasteiger partial charge in [0.05, 0.1) is 5.92 Å². The molecule has 19 heavy (non-hydrogen) atoms. The molecule has 1 N–H and O–H groups in total. The Bertz CT molecular complexity index is 286. The number of carbonyl (C=O) groups is 2. The van der Waals surface area contributed by atoms with Crippen LogP contribution >= 0.6 is 0 Å². The second-order valence-corrected chi connectivity index (χ2v) is 6.01. The van der Waals surface area contributed by atoms with E-state index in [4.69, 9.17) is 5.11 Å². The highest BCUT2D eigenvalue weighted by molar-refractivity contribution is 5.81. The average Bonchev–Trinajstić information content (AvgIpc) is 2.37. The maximum Gasteiger partial charge on any atom is 0.306 e. The number of hydrogen-bond donors (Lipinski definition) is 1. The van der Waals surface area contributed by atoms with Gasteiger partial charge in [-0.15, -0.1) is 0 Å². The van der Waals surface area contributed by atoms with E-state index in [0.717, 1.165) is 25.7 Å². The molecule has 1 saturated carbocycles. The Morgan fingerprint density at radius 1 is 1.11 bits per heavy atom. The molecule has 0 spiro atoms. The lowest BCUT2D eigenvalue weighted by Crippen LogP contribution is -2.21. The molecule has 0 aliphatic heterocycles. The molecule has 0 saturated heterocycles. The first-order chi connectivity index (χ1) is 9.11. The van der Waals surface area contributed by atoms with Crippen molar-refractivity contribution in [2.24, 2.45) is 11.8 Å². The number of carboxylic acid groups (broad SMARTS) is 1. The van der Waals surface area contributed by atoms with Crippen LogP contribution in [-0.2, 0) is 9.59 Å². The first kappa shape index (κ1) is 16.2. The minimum atomic E-state index is -0.779. The third-order valence-corrected chi connectivity index (χ3v) is 4.24. The first-order valence-electron chi connectivity index (χ1n) is 7.86.